The summed E-state index contributed by atoms with van der Waals surface area (Å²) in [6.07, 6.45) is 10.5. The average Bonchev–Trinajstić information content (AvgIpc) is 3.12. The molecule has 3 unspecified atom stereocenters. The van der Waals surface area contributed by atoms with Gasteiger partial charge in [0.25, 0.3) is 0 Å². The van der Waals surface area contributed by atoms with Gasteiger partial charge in [-0.3, -0.25) is 0 Å². The Kier molecular flexibility index (Phi) is 5.00. The summed E-state index contributed by atoms with van der Waals surface area (Å²) in [5.74, 6) is 1.70. The van der Waals surface area contributed by atoms with E-state index >= 15 is 0 Å². The Balaban J connectivity index is 1.65. The van der Waals surface area contributed by atoms with Gasteiger partial charge in [0.05, 0.1) is 12.2 Å². The molecule has 1 aliphatic carbocycles. The van der Waals surface area contributed by atoms with Gasteiger partial charge in [-0.1, -0.05) is 19.8 Å². The predicted molar refractivity (Wildman–Crippen MR) is 80.9 cm³/mol. The highest BCUT2D eigenvalue weighted by Crippen LogP contribution is 2.41. The molecular weight excluding hydrogens is 250 g/mol. The molecule has 0 radical (unpaired) electrons. The Bertz CT molecular complexity index is 295. The summed E-state index contributed by atoms with van der Waals surface area (Å²) in [6.45, 7) is 6.10. The molecule has 2 heterocycles. The molecule has 3 rings (SSSR count). The Labute approximate surface area is 123 Å². The van der Waals surface area contributed by atoms with E-state index in [0.29, 0.717) is 0 Å². The SMILES string of the molecule is CCCNC(C1CCCC1)C1CCOC2(CCOC2)C1. The van der Waals surface area contributed by atoms with Gasteiger partial charge in [0.1, 0.15) is 0 Å². The molecule has 0 aromatic rings. The zero-order chi connectivity index (χ0) is 13.8. The van der Waals surface area contributed by atoms with Crippen LogP contribution >= 0.6 is 0 Å². The van der Waals surface area contributed by atoms with E-state index in [2.05, 4.69) is 12.2 Å². The van der Waals surface area contributed by atoms with Crippen molar-refractivity contribution in [2.75, 3.05) is 26.4 Å². The highest BCUT2D eigenvalue weighted by Gasteiger charge is 2.44. The minimum absolute atomic E-state index is 0.0632. The number of rotatable bonds is 5. The second kappa shape index (κ2) is 6.76. The lowest BCUT2D eigenvalue weighted by Crippen LogP contribution is -2.49. The molecule has 116 valence electrons. The lowest BCUT2D eigenvalue weighted by molar-refractivity contribution is -0.105. The van der Waals surface area contributed by atoms with Crippen LogP contribution in [0.4, 0.5) is 0 Å². The van der Waals surface area contributed by atoms with E-state index in [9.17, 15) is 0 Å². The first-order valence-electron chi connectivity index (χ1n) is 8.78. The highest BCUT2D eigenvalue weighted by molar-refractivity contribution is 4.96. The van der Waals surface area contributed by atoms with Gasteiger partial charge in [0.2, 0.25) is 0 Å². The van der Waals surface area contributed by atoms with Crippen molar-refractivity contribution >= 4 is 0 Å². The third-order valence-electron chi connectivity index (χ3n) is 5.64. The van der Waals surface area contributed by atoms with Crippen LogP contribution in [0.3, 0.4) is 0 Å². The summed E-state index contributed by atoms with van der Waals surface area (Å²) in [6, 6.07) is 0.721. The molecule has 3 atom stereocenters. The summed E-state index contributed by atoms with van der Waals surface area (Å²) in [5.41, 5.74) is 0.0632. The van der Waals surface area contributed by atoms with Crippen molar-refractivity contribution in [3.8, 4) is 0 Å². The van der Waals surface area contributed by atoms with Gasteiger partial charge in [-0.15, -0.1) is 0 Å². The number of hydrogen-bond acceptors (Lipinski definition) is 3. The normalized spacial score (nSPS) is 36.8. The quantitative estimate of drug-likeness (QED) is 0.840. The summed E-state index contributed by atoms with van der Waals surface area (Å²) >= 11 is 0. The summed E-state index contributed by atoms with van der Waals surface area (Å²) in [7, 11) is 0. The van der Waals surface area contributed by atoms with Crippen molar-refractivity contribution in [2.24, 2.45) is 11.8 Å². The topological polar surface area (TPSA) is 30.5 Å². The fourth-order valence-electron chi connectivity index (χ4n) is 4.58. The minimum atomic E-state index is 0.0632. The van der Waals surface area contributed by atoms with Gasteiger partial charge in [0, 0.05) is 25.7 Å². The monoisotopic (exact) mass is 281 g/mol. The fraction of sp³-hybridized carbons (Fsp3) is 1.00. The first-order valence-corrected chi connectivity index (χ1v) is 8.78. The van der Waals surface area contributed by atoms with Crippen molar-refractivity contribution in [1.82, 2.24) is 5.32 Å². The third kappa shape index (κ3) is 3.20. The number of nitrogens with one attached hydrogen (secondary N) is 1. The van der Waals surface area contributed by atoms with Crippen molar-refractivity contribution < 1.29 is 9.47 Å². The van der Waals surface area contributed by atoms with Gasteiger partial charge < -0.3 is 14.8 Å². The lowest BCUT2D eigenvalue weighted by atomic mass is 9.76. The molecule has 0 amide bonds. The fourth-order valence-corrected chi connectivity index (χ4v) is 4.58. The second-order valence-electron chi connectivity index (χ2n) is 7.11. The first kappa shape index (κ1) is 14.8. The summed E-state index contributed by atoms with van der Waals surface area (Å²) in [5, 5.41) is 3.89. The molecule has 3 aliphatic rings. The summed E-state index contributed by atoms with van der Waals surface area (Å²) < 4.78 is 11.7. The van der Waals surface area contributed by atoms with Crippen LogP contribution in [0.25, 0.3) is 0 Å². The second-order valence-corrected chi connectivity index (χ2v) is 7.11. The molecule has 2 aliphatic heterocycles. The maximum atomic E-state index is 6.12. The van der Waals surface area contributed by atoms with E-state index in [4.69, 9.17) is 9.47 Å². The largest absolute Gasteiger partial charge is 0.378 e. The molecule has 2 saturated heterocycles. The van der Waals surface area contributed by atoms with Crippen LogP contribution in [0, 0.1) is 11.8 Å². The van der Waals surface area contributed by atoms with Crippen LogP contribution in [0.1, 0.15) is 58.3 Å². The van der Waals surface area contributed by atoms with Crippen LogP contribution < -0.4 is 5.32 Å². The minimum Gasteiger partial charge on any atom is -0.378 e. The van der Waals surface area contributed by atoms with Crippen LogP contribution in [-0.2, 0) is 9.47 Å². The Morgan fingerprint density at radius 1 is 1.15 bits per heavy atom. The molecule has 0 bridgehead atoms. The zero-order valence-corrected chi connectivity index (χ0v) is 13.0. The van der Waals surface area contributed by atoms with E-state index in [0.717, 1.165) is 44.1 Å². The molecule has 1 saturated carbocycles. The maximum absolute atomic E-state index is 6.12. The Hall–Kier alpha value is -0.120. The molecule has 1 N–H and O–H groups in total. The lowest BCUT2D eigenvalue weighted by Gasteiger charge is -2.42. The number of ether oxygens (including phenoxy) is 2. The Morgan fingerprint density at radius 3 is 2.70 bits per heavy atom. The first-order chi connectivity index (χ1) is 9.83. The van der Waals surface area contributed by atoms with E-state index < -0.39 is 0 Å². The zero-order valence-electron chi connectivity index (χ0n) is 13.0. The van der Waals surface area contributed by atoms with Crippen molar-refractivity contribution in [2.45, 2.75) is 69.9 Å². The van der Waals surface area contributed by atoms with Crippen LogP contribution in [0.5, 0.6) is 0 Å². The standard InChI is InChI=1S/C17H31NO2/c1-2-9-18-16(14-5-3-4-6-14)15-7-10-20-17(12-15)8-11-19-13-17/h14-16,18H,2-13H2,1H3. The van der Waals surface area contributed by atoms with Gasteiger partial charge in [0.15, 0.2) is 0 Å². The smallest absolute Gasteiger partial charge is 0.0939 e. The predicted octanol–water partition coefficient (Wildman–Crippen LogP) is 3.13. The van der Waals surface area contributed by atoms with Gasteiger partial charge in [-0.25, -0.2) is 0 Å². The van der Waals surface area contributed by atoms with E-state index in [1.54, 1.807) is 0 Å². The van der Waals surface area contributed by atoms with Crippen LogP contribution in [-0.4, -0.2) is 38.0 Å². The van der Waals surface area contributed by atoms with Crippen LogP contribution in [0.15, 0.2) is 0 Å². The molecule has 3 heteroatoms. The molecule has 20 heavy (non-hydrogen) atoms. The highest BCUT2D eigenvalue weighted by atomic mass is 16.6. The Morgan fingerprint density at radius 2 is 2.00 bits per heavy atom. The molecular formula is C17H31NO2. The van der Waals surface area contributed by atoms with E-state index in [-0.39, 0.29) is 5.60 Å². The molecule has 3 nitrogen and oxygen atoms in total. The maximum Gasteiger partial charge on any atom is 0.0939 e. The van der Waals surface area contributed by atoms with E-state index in [1.165, 1.54) is 51.5 Å². The number of hydrogen-bond donors (Lipinski definition) is 1. The van der Waals surface area contributed by atoms with Crippen molar-refractivity contribution in [3.05, 3.63) is 0 Å². The van der Waals surface area contributed by atoms with Crippen LogP contribution in [0.2, 0.25) is 0 Å². The van der Waals surface area contributed by atoms with Gasteiger partial charge in [-0.2, -0.15) is 0 Å². The van der Waals surface area contributed by atoms with Gasteiger partial charge in [-0.05, 0) is 50.5 Å². The van der Waals surface area contributed by atoms with E-state index in [1.807, 2.05) is 0 Å². The molecule has 0 aromatic carbocycles. The molecule has 0 aromatic heterocycles. The van der Waals surface area contributed by atoms with Gasteiger partial charge >= 0.3 is 0 Å². The third-order valence-corrected chi connectivity index (χ3v) is 5.64. The average molecular weight is 281 g/mol. The van der Waals surface area contributed by atoms with Crippen molar-refractivity contribution in [1.29, 1.82) is 0 Å². The summed E-state index contributed by atoms with van der Waals surface area (Å²) in [4.78, 5) is 0. The van der Waals surface area contributed by atoms with Crippen molar-refractivity contribution in [3.63, 3.8) is 0 Å². The molecule has 1 spiro atoms. The molecule has 3 fully saturated rings.